The fourth-order valence-electron chi connectivity index (χ4n) is 1.41. The first-order chi connectivity index (χ1) is 8.51. The van der Waals surface area contributed by atoms with Gasteiger partial charge in [0.25, 0.3) is 0 Å². The smallest absolute Gasteiger partial charge is 0.349 e. The maximum Gasteiger partial charge on any atom is 0.349 e. The molecule has 0 aliphatic carbocycles. The van der Waals surface area contributed by atoms with Gasteiger partial charge in [-0.25, -0.2) is 13.6 Å². The molecule has 0 fully saturated rings. The van der Waals surface area contributed by atoms with E-state index in [1.165, 1.54) is 6.92 Å². The van der Waals surface area contributed by atoms with E-state index in [0.717, 1.165) is 18.2 Å². The Kier molecular flexibility index (Phi) is 4.55. The third-order valence-electron chi connectivity index (χ3n) is 2.30. The van der Waals surface area contributed by atoms with Crippen LogP contribution in [0.3, 0.4) is 0 Å². The van der Waals surface area contributed by atoms with Gasteiger partial charge in [-0.15, -0.1) is 0 Å². The van der Waals surface area contributed by atoms with Gasteiger partial charge < -0.3 is 4.74 Å². The molecule has 0 saturated heterocycles. The first-order valence-corrected chi connectivity index (χ1v) is 5.24. The van der Waals surface area contributed by atoms with Crippen LogP contribution in [0.4, 0.5) is 8.78 Å². The Labute approximate surface area is 103 Å². The zero-order chi connectivity index (χ0) is 13.7. The number of nitriles is 1. The third kappa shape index (κ3) is 2.92. The molecule has 1 aromatic rings. The van der Waals surface area contributed by atoms with Crippen LogP contribution in [-0.2, 0) is 9.53 Å². The van der Waals surface area contributed by atoms with Gasteiger partial charge in [-0.1, -0.05) is 0 Å². The summed E-state index contributed by atoms with van der Waals surface area (Å²) in [5, 5.41) is 8.89. The van der Waals surface area contributed by atoms with E-state index in [2.05, 4.69) is 4.74 Å². The van der Waals surface area contributed by atoms with Crippen molar-refractivity contribution in [3.63, 3.8) is 0 Å². The molecule has 5 heteroatoms. The van der Waals surface area contributed by atoms with Crippen molar-refractivity contribution < 1.29 is 18.3 Å². The molecule has 0 aliphatic rings. The minimum Gasteiger partial charge on any atom is -0.462 e. The summed E-state index contributed by atoms with van der Waals surface area (Å²) in [7, 11) is 0. The van der Waals surface area contributed by atoms with Crippen molar-refractivity contribution in [2.75, 3.05) is 6.61 Å². The molecule has 1 aromatic carbocycles. The van der Waals surface area contributed by atoms with Crippen LogP contribution < -0.4 is 0 Å². The molecular weight excluding hydrogens is 240 g/mol. The van der Waals surface area contributed by atoms with E-state index in [4.69, 9.17) is 5.26 Å². The van der Waals surface area contributed by atoms with Gasteiger partial charge in [-0.2, -0.15) is 5.26 Å². The second-order valence-electron chi connectivity index (χ2n) is 3.46. The number of hydrogen-bond acceptors (Lipinski definition) is 3. The van der Waals surface area contributed by atoms with E-state index in [1.54, 1.807) is 13.0 Å². The number of halogens is 2. The Morgan fingerprint density at radius 3 is 2.67 bits per heavy atom. The molecule has 0 aromatic heterocycles. The van der Waals surface area contributed by atoms with Gasteiger partial charge in [0.05, 0.1) is 6.61 Å². The number of ether oxygens (including phenoxy) is 1. The Bertz CT molecular complexity index is 544. The van der Waals surface area contributed by atoms with Gasteiger partial charge in [-0.05, 0) is 37.6 Å². The molecule has 0 aliphatic heterocycles. The number of carbonyl (C=O) groups excluding carboxylic acids is 1. The monoisotopic (exact) mass is 251 g/mol. The normalized spacial score (nSPS) is 11.5. The molecule has 3 nitrogen and oxygen atoms in total. The molecule has 0 heterocycles. The van der Waals surface area contributed by atoms with Gasteiger partial charge in [0, 0.05) is 5.56 Å². The van der Waals surface area contributed by atoms with Crippen LogP contribution in [0.25, 0.3) is 5.57 Å². The van der Waals surface area contributed by atoms with Crippen LogP contribution in [0.5, 0.6) is 0 Å². The Hall–Kier alpha value is -2.22. The lowest BCUT2D eigenvalue weighted by molar-refractivity contribution is -0.137. The molecule has 0 unspecified atom stereocenters. The molecule has 0 bridgehead atoms. The lowest BCUT2D eigenvalue weighted by atomic mass is 10.0. The molecule has 0 atom stereocenters. The predicted octanol–water partition coefficient (Wildman–Crippen LogP) is 2.82. The van der Waals surface area contributed by atoms with Crippen LogP contribution in [-0.4, -0.2) is 12.6 Å². The van der Waals surface area contributed by atoms with Crippen LogP contribution in [0, 0.1) is 23.0 Å². The Balaban J connectivity index is 3.32. The van der Waals surface area contributed by atoms with E-state index in [-0.39, 0.29) is 23.3 Å². The minimum absolute atomic E-state index is 0.0490. The second kappa shape index (κ2) is 5.92. The molecule has 1 rings (SSSR count). The summed E-state index contributed by atoms with van der Waals surface area (Å²) in [6, 6.07) is 4.48. The Morgan fingerprint density at radius 1 is 1.44 bits per heavy atom. The van der Waals surface area contributed by atoms with Gasteiger partial charge in [0.1, 0.15) is 23.3 Å². The third-order valence-corrected chi connectivity index (χ3v) is 2.30. The summed E-state index contributed by atoms with van der Waals surface area (Å²) in [4.78, 5) is 11.5. The number of allylic oxidation sites excluding steroid dienone is 1. The lowest BCUT2D eigenvalue weighted by Gasteiger charge is -2.07. The number of nitrogens with zero attached hydrogens (tertiary/aromatic N) is 1. The number of benzene rings is 1. The lowest BCUT2D eigenvalue weighted by Crippen LogP contribution is -2.08. The molecule has 0 amide bonds. The zero-order valence-corrected chi connectivity index (χ0v) is 9.96. The first-order valence-electron chi connectivity index (χ1n) is 5.24. The maximum atomic E-state index is 13.5. The standard InChI is InChI=1S/C13H11F2NO2/c1-3-18-13(17)11(7-16)8(2)10-6-9(14)4-5-12(10)15/h4-6H,3H2,1-2H3/b11-8+. The van der Waals surface area contributed by atoms with E-state index in [9.17, 15) is 13.6 Å². The highest BCUT2D eigenvalue weighted by atomic mass is 19.1. The largest absolute Gasteiger partial charge is 0.462 e. The van der Waals surface area contributed by atoms with E-state index in [1.807, 2.05) is 0 Å². The van der Waals surface area contributed by atoms with Gasteiger partial charge in [0.15, 0.2) is 0 Å². The Morgan fingerprint density at radius 2 is 2.11 bits per heavy atom. The van der Waals surface area contributed by atoms with Crippen molar-refractivity contribution in [1.29, 1.82) is 5.26 Å². The average molecular weight is 251 g/mol. The fraction of sp³-hybridized carbons (Fsp3) is 0.231. The topological polar surface area (TPSA) is 50.1 Å². The second-order valence-corrected chi connectivity index (χ2v) is 3.46. The van der Waals surface area contributed by atoms with Gasteiger partial charge >= 0.3 is 5.97 Å². The summed E-state index contributed by atoms with van der Waals surface area (Å²) in [6.45, 7) is 3.06. The summed E-state index contributed by atoms with van der Waals surface area (Å²) < 4.78 is 31.2. The van der Waals surface area contributed by atoms with E-state index < -0.39 is 17.6 Å². The summed E-state index contributed by atoms with van der Waals surface area (Å²) >= 11 is 0. The van der Waals surface area contributed by atoms with Crippen LogP contribution >= 0.6 is 0 Å². The number of carbonyl (C=O) groups is 1. The number of rotatable bonds is 3. The number of hydrogen-bond donors (Lipinski definition) is 0. The van der Waals surface area contributed by atoms with Crippen molar-refractivity contribution in [3.05, 3.63) is 41.0 Å². The SMILES string of the molecule is CCOC(=O)/C(C#N)=C(\C)c1cc(F)ccc1F. The minimum atomic E-state index is -0.846. The molecule has 0 N–H and O–H groups in total. The molecule has 0 spiro atoms. The maximum absolute atomic E-state index is 13.5. The molecule has 18 heavy (non-hydrogen) atoms. The zero-order valence-electron chi connectivity index (χ0n) is 9.96. The molecular formula is C13H11F2NO2. The first kappa shape index (κ1) is 13.8. The summed E-state index contributed by atoms with van der Waals surface area (Å²) in [5.41, 5.74) is -0.408. The quantitative estimate of drug-likeness (QED) is 0.471. The van der Waals surface area contributed by atoms with Crippen molar-refractivity contribution in [2.45, 2.75) is 13.8 Å². The van der Waals surface area contributed by atoms with Gasteiger partial charge in [0.2, 0.25) is 0 Å². The van der Waals surface area contributed by atoms with Crippen molar-refractivity contribution in [2.24, 2.45) is 0 Å². The van der Waals surface area contributed by atoms with E-state index in [0.29, 0.717) is 0 Å². The number of esters is 1. The van der Waals surface area contributed by atoms with Crippen molar-refractivity contribution >= 4 is 11.5 Å². The van der Waals surface area contributed by atoms with Crippen molar-refractivity contribution in [1.82, 2.24) is 0 Å². The summed E-state index contributed by atoms with van der Waals surface area (Å²) in [5.74, 6) is -2.20. The summed E-state index contributed by atoms with van der Waals surface area (Å²) in [6.07, 6.45) is 0. The van der Waals surface area contributed by atoms with Gasteiger partial charge in [-0.3, -0.25) is 0 Å². The van der Waals surface area contributed by atoms with Crippen LogP contribution in [0.2, 0.25) is 0 Å². The van der Waals surface area contributed by atoms with Crippen LogP contribution in [0.15, 0.2) is 23.8 Å². The molecule has 0 saturated carbocycles. The van der Waals surface area contributed by atoms with Crippen LogP contribution in [0.1, 0.15) is 19.4 Å². The average Bonchev–Trinajstić information content (AvgIpc) is 2.33. The molecule has 0 radical (unpaired) electrons. The predicted molar refractivity (Wildman–Crippen MR) is 61.2 cm³/mol. The highest BCUT2D eigenvalue weighted by Gasteiger charge is 2.17. The fourth-order valence-corrected chi connectivity index (χ4v) is 1.41. The van der Waals surface area contributed by atoms with E-state index >= 15 is 0 Å². The van der Waals surface area contributed by atoms with Crippen molar-refractivity contribution in [3.8, 4) is 6.07 Å². The highest BCUT2D eigenvalue weighted by Crippen LogP contribution is 2.22. The highest BCUT2D eigenvalue weighted by molar-refractivity contribution is 6.01. The molecule has 94 valence electrons.